The van der Waals surface area contributed by atoms with Crippen molar-refractivity contribution in [3.63, 3.8) is 0 Å². The molecule has 1 aromatic carbocycles. The number of hydrogen-bond acceptors (Lipinski definition) is 4. The Kier molecular flexibility index (Phi) is 4.95. The summed E-state index contributed by atoms with van der Waals surface area (Å²) in [5, 5.41) is 15.0. The van der Waals surface area contributed by atoms with Gasteiger partial charge in [0.15, 0.2) is 5.69 Å². The van der Waals surface area contributed by atoms with Crippen molar-refractivity contribution >= 4 is 5.91 Å². The van der Waals surface area contributed by atoms with E-state index in [9.17, 15) is 9.18 Å². The van der Waals surface area contributed by atoms with Crippen molar-refractivity contribution in [1.29, 1.82) is 0 Å². The minimum Gasteiger partial charge on any atom is -0.341 e. The maximum atomic E-state index is 13.3. The van der Waals surface area contributed by atoms with Gasteiger partial charge >= 0.3 is 0 Å². The van der Waals surface area contributed by atoms with E-state index < -0.39 is 5.54 Å². The Hall–Kier alpha value is -2.28. The lowest BCUT2D eigenvalue weighted by Crippen LogP contribution is -2.44. The van der Waals surface area contributed by atoms with Gasteiger partial charge in [0.1, 0.15) is 5.82 Å². The Balaban J connectivity index is 1.57. The van der Waals surface area contributed by atoms with Crippen molar-refractivity contribution in [1.82, 2.24) is 25.6 Å². The highest BCUT2D eigenvalue weighted by Crippen LogP contribution is 2.39. The van der Waals surface area contributed by atoms with Gasteiger partial charge in [0.05, 0.1) is 17.3 Å². The summed E-state index contributed by atoms with van der Waals surface area (Å²) in [4.78, 5) is 13.0. The van der Waals surface area contributed by atoms with Crippen LogP contribution in [0, 0.1) is 12.7 Å². The quantitative estimate of drug-likeness (QED) is 0.867. The molecule has 1 aromatic heterocycles. The molecule has 0 unspecified atom stereocenters. The van der Waals surface area contributed by atoms with Crippen LogP contribution in [0.2, 0.25) is 0 Å². The number of benzene rings is 1. The third-order valence-electron chi connectivity index (χ3n) is 6.00. The minimum absolute atomic E-state index is 0.195. The van der Waals surface area contributed by atoms with Gasteiger partial charge in [0, 0.05) is 0 Å². The van der Waals surface area contributed by atoms with Gasteiger partial charge < -0.3 is 10.6 Å². The molecule has 2 aromatic rings. The van der Waals surface area contributed by atoms with Gasteiger partial charge in [-0.2, -0.15) is 0 Å². The molecule has 27 heavy (non-hydrogen) atoms. The third kappa shape index (κ3) is 3.48. The SMILES string of the molecule is Cc1c(C(=O)NC2(c3ccc(F)cc3)CCCC2)nnn1C1CCNCC1. The molecule has 7 heteroatoms. The van der Waals surface area contributed by atoms with Crippen LogP contribution in [0.25, 0.3) is 0 Å². The second-order valence-electron chi connectivity index (χ2n) is 7.70. The fourth-order valence-corrected chi connectivity index (χ4v) is 4.46. The van der Waals surface area contributed by atoms with Crippen molar-refractivity contribution in [3.05, 3.63) is 47.0 Å². The summed E-state index contributed by atoms with van der Waals surface area (Å²) < 4.78 is 15.2. The Labute approximate surface area is 158 Å². The molecular formula is C20H26FN5O. The summed E-state index contributed by atoms with van der Waals surface area (Å²) in [5.74, 6) is -0.460. The number of halogens is 1. The van der Waals surface area contributed by atoms with E-state index in [1.54, 1.807) is 12.1 Å². The molecule has 0 atom stereocenters. The zero-order chi connectivity index (χ0) is 18.9. The van der Waals surface area contributed by atoms with Crippen LogP contribution in [0.5, 0.6) is 0 Å². The summed E-state index contributed by atoms with van der Waals surface area (Å²) >= 11 is 0. The van der Waals surface area contributed by atoms with Crippen LogP contribution in [0.15, 0.2) is 24.3 Å². The molecule has 6 nitrogen and oxygen atoms in total. The Bertz CT molecular complexity index is 804. The predicted molar refractivity (Wildman–Crippen MR) is 99.9 cm³/mol. The highest BCUT2D eigenvalue weighted by atomic mass is 19.1. The summed E-state index contributed by atoms with van der Waals surface area (Å²) in [5.41, 5.74) is 1.71. The maximum Gasteiger partial charge on any atom is 0.274 e. The van der Waals surface area contributed by atoms with E-state index in [0.29, 0.717) is 5.69 Å². The van der Waals surface area contributed by atoms with E-state index in [1.807, 2.05) is 11.6 Å². The molecular weight excluding hydrogens is 345 g/mol. The van der Waals surface area contributed by atoms with E-state index in [-0.39, 0.29) is 17.8 Å². The first-order chi connectivity index (χ1) is 13.1. The van der Waals surface area contributed by atoms with Crippen LogP contribution in [0.1, 0.15) is 66.3 Å². The highest BCUT2D eigenvalue weighted by Gasteiger charge is 2.38. The van der Waals surface area contributed by atoms with Crippen LogP contribution in [-0.4, -0.2) is 34.0 Å². The molecule has 0 spiro atoms. The van der Waals surface area contributed by atoms with Crippen LogP contribution < -0.4 is 10.6 Å². The average Bonchev–Trinajstić information content (AvgIpc) is 3.30. The number of aromatic nitrogens is 3. The smallest absolute Gasteiger partial charge is 0.274 e. The number of amides is 1. The average molecular weight is 371 g/mol. The van der Waals surface area contributed by atoms with Crippen LogP contribution in [0.4, 0.5) is 4.39 Å². The Morgan fingerprint density at radius 1 is 1.22 bits per heavy atom. The first kappa shape index (κ1) is 18.1. The van der Waals surface area contributed by atoms with E-state index in [1.165, 1.54) is 12.1 Å². The number of nitrogens with one attached hydrogen (secondary N) is 2. The summed E-state index contributed by atoms with van der Waals surface area (Å²) in [6.45, 7) is 3.83. The zero-order valence-electron chi connectivity index (χ0n) is 15.7. The van der Waals surface area contributed by atoms with Gasteiger partial charge in [0.25, 0.3) is 5.91 Å². The molecule has 144 valence electrons. The normalized spacial score (nSPS) is 19.9. The van der Waals surface area contributed by atoms with Gasteiger partial charge in [-0.15, -0.1) is 5.10 Å². The van der Waals surface area contributed by atoms with Crippen molar-refractivity contribution < 1.29 is 9.18 Å². The second-order valence-corrected chi connectivity index (χ2v) is 7.70. The maximum absolute atomic E-state index is 13.3. The van der Waals surface area contributed by atoms with Crippen molar-refractivity contribution in [2.45, 2.75) is 57.0 Å². The van der Waals surface area contributed by atoms with Gasteiger partial charge in [-0.05, 0) is 63.4 Å². The van der Waals surface area contributed by atoms with E-state index in [0.717, 1.165) is 62.9 Å². The minimum atomic E-state index is -0.449. The fourth-order valence-electron chi connectivity index (χ4n) is 4.46. The van der Waals surface area contributed by atoms with Gasteiger partial charge in [-0.1, -0.05) is 30.2 Å². The topological polar surface area (TPSA) is 71.8 Å². The van der Waals surface area contributed by atoms with Gasteiger partial charge in [-0.25, -0.2) is 9.07 Å². The van der Waals surface area contributed by atoms with Gasteiger partial charge in [-0.3, -0.25) is 4.79 Å². The number of carbonyl (C=O) groups is 1. The summed E-state index contributed by atoms with van der Waals surface area (Å²) in [6, 6.07) is 6.76. The summed E-state index contributed by atoms with van der Waals surface area (Å²) in [6.07, 6.45) is 5.77. The molecule has 0 radical (unpaired) electrons. The van der Waals surface area contributed by atoms with Crippen LogP contribution in [0.3, 0.4) is 0 Å². The lowest BCUT2D eigenvalue weighted by atomic mass is 9.88. The molecule has 2 fully saturated rings. The standard InChI is InChI=1S/C20H26FN5O/c1-14-18(24-25-26(14)17-8-12-22-13-9-17)19(27)23-20(10-2-3-11-20)15-4-6-16(21)7-5-15/h4-7,17,22H,2-3,8-13H2,1H3,(H,23,27). The fraction of sp³-hybridized carbons (Fsp3) is 0.550. The van der Waals surface area contributed by atoms with Gasteiger partial charge in [0.2, 0.25) is 0 Å². The second kappa shape index (κ2) is 7.38. The number of hydrogen-bond donors (Lipinski definition) is 2. The predicted octanol–water partition coefficient (Wildman–Crippen LogP) is 2.85. The number of nitrogens with zero attached hydrogens (tertiary/aromatic N) is 3. The lowest BCUT2D eigenvalue weighted by Gasteiger charge is -2.31. The number of carbonyl (C=O) groups excluding carboxylic acids is 1. The lowest BCUT2D eigenvalue weighted by molar-refractivity contribution is 0.0892. The zero-order valence-corrected chi connectivity index (χ0v) is 15.7. The van der Waals surface area contributed by atoms with E-state index in [2.05, 4.69) is 20.9 Å². The van der Waals surface area contributed by atoms with E-state index >= 15 is 0 Å². The molecule has 1 aliphatic heterocycles. The first-order valence-corrected chi connectivity index (χ1v) is 9.80. The van der Waals surface area contributed by atoms with Crippen molar-refractivity contribution in [2.75, 3.05) is 13.1 Å². The van der Waals surface area contributed by atoms with Crippen molar-refractivity contribution in [3.8, 4) is 0 Å². The molecule has 1 aliphatic carbocycles. The number of rotatable bonds is 4. The summed E-state index contributed by atoms with van der Waals surface area (Å²) in [7, 11) is 0. The highest BCUT2D eigenvalue weighted by molar-refractivity contribution is 5.93. The first-order valence-electron chi connectivity index (χ1n) is 9.80. The van der Waals surface area contributed by atoms with Crippen molar-refractivity contribution in [2.24, 2.45) is 0 Å². The molecule has 4 rings (SSSR count). The molecule has 2 N–H and O–H groups in total. The molecule has 2 heterocycles. The van der Waals surface area contributed by atoms with E-state index in [4.69, 9.17) is 0 Å². The molecule has 1 saturated heterocycles. The van der Waals surface area contributed by atoms with Crippen LogP contribution in [-0.2, 0) is 5.54 Å². The molecule has 1 saturated carbocycles. The molecule has 0 bridgehead atoms. The Morgan fingerprint density at radius 2 is 1.89 bits per heavy atom. The molecule has 1 amide bonds. The molecule has 2 aliphatic rings. The monoisotopic (exact) mass is 371 g/mol. The third-order valence-corrected chi connectivity index (χ3v) is 6.00. The van der Waals surface area contributed by atoms with Crippen LogP contribution >= 0.6 is 0 Å². The number of piperidine rings is 1. The largest absolute Gasteiger partial charge is 0.341 e. The Morgan fingerprint density at radius 3 is 2.56 bits per heavy atom.